The van der Waals surface area contributed by atoms with Gasteiger partial charge in [-0.15, -0.1) is 5.10 Å². The van der Waals surface area contributed by atoms with E-state index < -0.39 is 23.6 Å². The van der Waals surface area contributed by atoms with Gasteiger partial charge >= 0.3 is 0 Å². The minimum Gasteiger partial charge on any atom is -0.342 e. The third kappa shape index (κ3) is 3.71. The molecule has 1 heterocycles. The summed E-state index contributed by atoms with van der Waals surface area (Å²) >= 11 is 3.37. The highest BCUT2D eigenvalue weighted by molar-refractivity contribution is 9.10. The molecule has 1 aromatic heterocycles. The SMILES string of the molecule is CC(NC(=O)c1ccc(F)c(F)c1)c1nnnn1-c1cccc(Br)c1. The van der Waals surface area contributed by atoms with Gasteiger partial charge in [-0.05, 0) is 53.7 Å². The van der Waals surface area contributed by atoms with Gasteiger partial charge in [-0.1, -0.05) is 22.0 Å². The predicted octanol–water partition coefficient (Wildman–Crippen LogP) is 3.19. The number of benzene rings is 2. The molecule has 0 spiro atoms. The highest BCUT2D eigenvalue weighted by Crippen LogP contribution is 2.18. The lowest BCUT2D eigenvalue weighted by Gasteiger charge is -2.14. The summed E-state index contributed by atoms with van der Waals surface area (Å²) in [6, 6.07) is 9.72. The van der Waals surface area contributed by atoms with Crippen LogP contribution in [0.5, 0.6) is 0 Å². The molecule has 0 aliphatic rings. The molecule has 0 bridgehead atoms. The van der Waals surface area contributed by atoms with Crippen LogP contribution in [0.3, 0.4) is 0 Å². The Balaban J connectivity index is 1.82. The quantitative estimate of drug-likeness (QED) is 0.720. The number of nitrogens with one attached hydrogen (secondary N) is 1. The van der Waals surface area contributed by atoms with Crippen LogP contribution in [-0.2, 0) is 0 Å². The number of nitrogens with zero attached hydrogens (tertiary/aromatic N) is 4. The minimum atomic E-state index is -1.08. The van der Waals surface area contributed by atoms with Gasteiger partial charge in [-0.25, -0.2) is 8.78 Å². The second-order valence-corrected chi connectivity index (χ2v) is 6.17. The maximum absolute atomic E-state index is 13.3. The number of amides is 1. The average molecular weight is 408 g/mol. The third-order valence-electron chi connectivity index (χ3n) is 3.46. The number of hydrogen-bond acceptors (Lipinski definition) is 4. The van der Waals surface area contributed by atoms with Crippen LogP contribution in [-0.4, -0.2) is 26.1 Å². The van der Waals surface area contributed by atoms with E-state index in [9.17, 15) is 13.6 Å². The Hall–Kier alpha value is -2.68. The fourth-order valence-electron chi connectivity index (χ4n) is 2.24. The summed E-state index contributed by atoms with van der Waals surface area (Å²) < 4.78 is 28.6. The molecule has 0 saturated heterocycles. The van der Waals surface area contributed by atoms with Crippen LogP contribution in [0.4, 0.5) is 8.78 Å². The van der Waals surface area contributed by atoms with E-state index in [1.807, 2.05) is 24.3 Å². The van der Waals surface area contributed by atoms with Gasteiger partial charge in [0.15, 0.2) is 17.5 Å². The molecule has 0 fully saturated rings. The predicted molar refractivity (Wildman–Crippen MR) is 89.1 cm³/mol. The summed E-state index contributed by atoms with van der Waals surface area (Å²) in [5.41, 5.74) is 0.718. The number of carbonyl (C=O) groups excluding carboxylic acids is 1. The maximum Gasteiger partial charge on any atom is 0.251 e. The fraction of sp³-hybridized carbons (Fsp3) is 0.125. The number of tetrazole rings is 1. The lowest BCUT2D eigenvalue weighted by atomic mass is 10.2. The standard InChI is InChI=1S/C16H12BrF2N5O/c1-9(20-16(25)10-5-6-13(18)14(19)7-10)15-21-22-23-24(15)12-4-2-3-11(17)8-12/h2-9H,1H3,(H,20,25). The summed E-state index contributed by atoms with van der Waals surface area (Å²) in [6.07, 6.45) is 0. The van der Waals surface area contributed by atoms with E-state index in [2.05, 4.69) is 36.8 Å². The van der Waals surface area contributed by atoms with Crippen LogP contribution in [0.15, 0.2) is 46.9 Å². The van der Waals surface area contributed by atoms with Crippen molar-refractivity contribution in [3.63, 3.8) is 0 Å². The smallest absolute Gasteiger partial charge is 0.251 e. The van der Waals surface area contributed by atoms with Crippen molar-refractivity contribution in [1.29, 1.82) is 0 Å². The van der Waals surface area contributed by atoms with Gasteiger partial charge in [0, 0.05) is 10.0 Å². The van der Waals surface area contributed by atoms with Gasteiger partial charge in [-0.2, -0.15) is 4.68 Å². The topological polar surface area (TPSA) is 72.7 Å². The molecular weight excluding hydrogens is 396 g/mol. The largest absolute Gasteiger partial charge is 0.342 e. The minimum absolute atomic E-state index is 0.00669. The van der Waals surface area contributed by atoms with E-state index in [4.69, 9.17) is 0 Å². The second kappa shape index (κ2) is 7.06. The van der Waals surface area contributed by atoms with E-state index in [0.717, 1.165) is 16.6 Å². The van der Waals surface area contributed by atoms with Crippen LogP contribution in [0, 0.1) is 11.6 Å². The van der Waals surface area contributed by atoms with E-state index in [0.29, 0.717) is 11.5 Å². The van der Waals surface area contributed by atoms with Crippen molar-refractivity contribution in [2.75, 3.05) is 0 Å². The maximum atomic E-state index is 13.3. The molecule has 0 aliphatic carbocycles. The zero-order valence-electron chi connectivity index (χ0n) is 12.9. The van der Waals surface area contributed by atoms with Crippen molar-refractivity contribution < 1.29 is 13.6 Å². The Morgan fingerprint density at radius 2 is 2.00 bits per heavy atom. The highest BCUT2D eigenvalue weighted by Gasteiger charge is 2.19. The molecule has 1 amide bonds. The molecular formula is C16H12BrF2N5O. The lowest BCUT2D eigenvalue weighted by molar-refractivity contribution is 0.0937. The van der Waals surface area contributed by atoms with Crippen LogP contribution in [0.25, 0.3) is 5.69 Å². The number of rotatable bonds is 4. The molecule has 3 rings (SSSR count). The molecule has 3 aromatic rings. The molecule has 0 saturated carbocycles. The third-order valence-corrected chi connectivity index (χ3v) is 3.96. The monoisotopic (exact) mass is 407 g/mol. The van der Waals surface area contributed by atoms with Crippen LogP contribution >= 0.6 is 15.9 Å². The summed E-state index contributed by atoms with van der Waals surface area (Å²) in [5, 5.41) is 14.2. The van der Waals surface area contributed by atoms with Crippen molar-refractivity contribution >= 4 is 21.8 Å². The Bertz CT molecular complexity index is 930. The van der Waals surface area contributed by atoms with Gasteiger partial charge in [0.05, 0.1) is 11.7 Å². The summed E-state index contributed by atoms with van der Waals surface area (Å²) in [5.74, 6) is -2.26. The van der Waals surface area contributed by atoms with Crippen molar-refractivity contribution in [2.24, 2.45) is 0 Å². The van der Waals surface area contributed by atoms with Crippen molar-refractivity contribution in [3.8, 4) is 5.69 Å². The number of aromatic nitrogens is 4. The summed E-state index contributed by atoms with van der Waals surface area (Å²) in [6.45, 7) is 1.69. The number of hydrogen-bond donors (Lipinski definition) is 1. The summed E-state index contributed by atoms with van der Waals surface area (Å²) in [7, 11) is 0. The molecule has 1 N–H and O–H groups in total. The molecule has 25 heavy (non-hydrogen) atoms. The lowest BCUT2D eigenvalue weighted by Crippen LogP contribution is -2.28. The number of carbonyl (C=O) groups is 1. The van der Waals surface area contributed by atoms with Gasteiger partial charge in [0.25, 0.3) is 5.91 Å². The molecule has 128 valence electrons. The molecule has 0 radical (unpaired) electrons. The van der Waals surface area contributed by atoms with Gasteiger partial charge < -0.3 is 5.32 Å². The normalized spacial score (nSPS) is 12.0. The molecule has 1 atom stereocenters. The first-order valence-corrected chi connectivity index (χ1v) is 8.05. The Labute approximate surface area is 150 Å². The van der Waals surface area contributed by atoms with Crippen molar-refractivity contribution in [1.82, 2.24) is 25.5 Å². The van der Waals surface area contributed by atoms with Crippen LogP contribution in [0.1, 0.15) is 29.1 Å². The van der Waals surface area contributed by atoms with Crippen molar-refractivity contribution in [3.05, 3.63) is 70.0 Å². The van der Waals surface area contributed by atoms with Gasteiger partial charge in [0.2, 0.25) is 0 Å². The van der Waals surface area contributed by atoms with E-state index >= 15 is 0 Å². The second-order valence-electron chi connectivity index (χ2n) is 5.25. The summed E-state index contributed by atoms with van der Waals surface area (Å²) in [4.78, 5) is 12.2. The van der Waals surface area contributed by atoms with E-state index in [1.54, 1.807) is 6.92 Å². The van der Waals surface area contributed by atoms with Crippen molar-refractivity contribution in [2.45, 2.75) is 13.0 Å². The zero-order valence-corrected chi connectivity index (χ0v) is 14.5. The number of halogens is 3. The first-order chi connectivity index (χ1) is 12.0. The van der Waals surface area contributed by atoms with Crippen LogP contribution < -0.4 is 5.32 Å². The Morgan fingerprint density at radius 3 is 2.72 bits per heavy atom. The first-order valence-electron chi connectivity index (χ1n) is 7.26. The van der Waals surface area contributed by atoms with Crippen LogP contribution in [0.2, 0.25) is 0 Å². The fourth-order valence-corrected chi connectivity index (χ4v) is 2.62. The Morgan fingerprint density at radius 1 is 1.20 bits per heavy atom. The molecule has 6 nitrogen and oxygen atoms in total. The van der Waals surface area contributed by atoms with E-state index in [1.165, 1.54) is 10.7 Å². The van der Waals surface area contributed by atoms with Gasteiger partial charge in [0.1, 0.15) is 0 Å². The van der Waals surface area contributed by atoms with Gasteiger partial charge in [-0.3, -0.25) is 4.79 Å². The average Bonchev–Trinajstić information content (AvgIpc) is 3.07. The molecule has 1 unspecified atom stereocenters. The Kier molecular flexibility index (Phi) is 4.84. The first kappa shape index (κ1) is 17.2. The highest BCUT2D eigenvalue weighted by atomic mass is 79.9. The zero-order chi connectivity index (χ0) is 18.0. The molecule has 2 aromatic carbocycles. The molecule has 9 heteroatoms. The van der Waals surface area contributed by atoms with E-state index in [-0.39, 0.29) is 5.56 Å². The molecule has 0 aliphatic heterocycles.